The number of sulfone groups is 1. The van der Waals surface area contributed by atoms with E-state index in [2.05, 4.69) is 0 Å². The minimum atomic E-state index is -3.03. The summed E-state index contributed by atoms with van der Waals surface area (Å²) in [6.07, 6.45) is 1.46. The lowest BCUT2D eigenvalue weighted by molar-refractivity contribution is -0.131. The molecule has 0 saturated carbocycles. The number of anilines is 1. The molecule has 25 heavy (non-hydrogen) atoms. The molecule has 7 heteroatoms. The van der Waals surface area contributed by atoms with Crippen LogP contribution < -0.4 is 4.90 Å². The molecule has 6 nitrogen and oxygen atoms in total. The van der Waals surface area contributed by atoms with Crippen molar-refractivity contribution in [2.45, 2.75) is 39.2 Å². The molecule has 1 aromatic carbocycles. The molecule has 138 valence electrons. The maximum atomic E-state index is 12.4. The molecule has 0 spiro atoms. The van der Waals surface area contributed by atoms with Gasteiger partial charge in [0.1, 0.15) is 0 Å². The average Bonchev–Trinajstić information content (AvgIpc) is 2.94. The van der Waals surface area contributed by atoms with Crippen LogP contribution in [0.4, 0.5) is 5.69 Å². The lowest BCUT2D eigenvalue weighted by Crippen LogP contribution is -2.40. The van der Waals surface area contributed by atoms with Crippen LogP contribution in [0.3, 0.4) is 0 Å². The Hall–Kier alpha value is -1.89. The normalized spacial score (nSPS) is 18.8. The molecule has 0 aromatic heterocycles. The summed E-state index contributed by atoms with van der Waals surface area (Å²) in [4.78, 5) is 27.6. The lowest BCUT2D eigenvalue weighted by Gasteiger charge is -2.27. The van der Waals surface area contributed by atoms with Crippen LogP contribution in [0.2, 0.25) is 0 Å². The lowest BCUT2D eigenvalue weighted by atomic mass is 10.1. The number of rotatable bonds is 6. The summed E-state index contributed by atoms with van der Waals surface area (Å²) < 4.78 is 23.2. The second-order valence-corrected chi connectivity index (χ2v) is 8.69. The van der Waals surface area contributed by atoms with E-state index in [4.69, 9.17) is 0 Å². The van der Waals surface area contributed by atoms with Gasteiger partial charge in [-0.15, -0.1) is 0 Å². The first-order valence-electron chi connectivity index (χ1n) is 8.57. The fourth-order valence-corrected chi connectivity index (χ4v) is 4.96. The monoisotopic (exact) mass is 366 g/mol. The number of nitrogens with zero attached hydrogens (tertiary/aromatic N) is 2. The SMILES string of the molecule is CCc1ccccc1N(CCC(=O)N(C)C1CCS(=O)(=O)C1)C(C)=O. The van der Waals surface area contributed by atoms with Gasteiger partial charge in [0.05, 0.1) is 11.5 Å². The van der Waals surface area contributed by atoms with Gasteiger partial charge in [-0.2, -0.15) is 0 Å². The first kappa shape index (κ1) is 19.4. The molecule has 2 amide bonds. The van der Waals surface area contributed by atoms with Crippen molar-refractivity contribution in [2.75, 3.05) is 30.0 Å². The Morgan fingerprint density at radius 3 is 2.48 bits per heavy atom. The maximum Gasteiger partial charge on any atom is 0.224 e. The predicted octanol–water partition coefficient (Wildman–Crippen LogP) is 1.64. The van der Waals surface area contributed by atoms with Crippen molar-refractivity contribution >= 4 is 27.3 Å². The molecule has 1 aliphatic heterocycles. The van der Waals surface area contributed by atoms with Crippen molar-refractivity contribution in [1.29, 1.82) is 0 Å². The highest BCUT2D eigenvalue weighted by Crippen LogP contribution is 2.22. The summed E-state index contributed by atoms with van der Waals surface area (Å²) in [6, 6.07) is 7.41. The third-order valence-corrected chi connectivity index (χ3v) is 6.49. The molecular weight excluding hydrogens is 340 g/mol. The zero-order valence-electron chi connectivity index (χ0n) is 15.1. The summed E-state index contributed by atoms with van der Waals surface area (Å²) in [5.74, 6) is -0.0783. The van der Waals surface area contributed by atoms with Gasteiger partial charge in [0, 0.05) is 38.7 Å². The van der Waals surface area contributed by atoms with Gasteiger partial charge < -0.3 is 9.80 Å². The van der Waals surface area contributed by atoms with E-state index in [0.717, 1.165) is 17.7 Å². The van der Waals surface area contributed by atoms with E-state index in [0.29, 0.717) is 6.42 Å². The molecule has 0 aliphatic carbocycles. The van der Waals surface area contributed by atoms with Crippen LogP contribution in [-0.2, 0) is 25.8 Å². The molecule has 0 N–H and O–H groups in total. The van der Waals surface area contributed by atoms with Gasteiger partial charge in [0.25, 0.3) is 0 Å². The molecule has 1 unspecified atom stereocenters. The Morgan fingerprint density at radius 2 is 1.92 bits per heavy atom. The van der Waals surface area contributed by atoms with Gasteiger partial charge in [0.2, 0.25) is 11.8 Å². The first-order chi connectivity index (χ1) is 11.7. The van der Waals surface area contributed by atoms with Gasteiger partial charge in [-0.3, -0.25) is 9.59 Å². The standard InChI is InChI=1S/C18H26N2O4S/c1-4-15-7-5-6-8-17(15)20(14(2)21)11-9-18(22)19(3)16-10-12-25(23,24)13-16/h5-8,16H,4,9-13H2,1-3H3. The Morgan fingerprint density at radius 1 is 1.24 bits per heavy atom. The fraction of sp³-hybridized carbons (Fsp3) is 0.556. The first-order valence-corrected chi connectivity index (χ1v) is 10.4. The Bertz CT molecular complexity index is 745. The van der Waals surface area contributed by atoms with Crippen molar-refractivity contribution in [3.63, 3.8) is 0 Å². The van der Waals surface area contributed by atoms with E-state index >= 15 is 0 Å². The highest BCUT2D eigenvalue weighted by Gasteiger charge is 2.32. The number of benzene rings is 1. The Kier molecular flexibility index (Phi) is 6.21. The smallest absolute Gasteiger partial charge is 0.224 e. The van der Waals surface area contributed by atoms with Crippen LogP contribution in [0.15, 0.2) is 24.3 Å². The van der Waals surface area contributed by atoms with E-state index in [1.807, 2.05) is 31.2 Å². The molecule has 1 aromatic rings. The van der Waals surface area contributed by atoms with Crippen LogP contribution >= 0.6 is 0 Å². The second kappa shape index (κ2) is 7.99. The zero-order chi connectivity index (χ0) is 18.6. The Balaban J connectivity index is 2.04. The number of hydrogen-bond donors (Lipinski definition) is 0. The van der Waals surface area contributed by atoms with Gasteiger partial charge in [-0.25, -0.2) is 8.42 Å². The summed E-state index contributed by atoms with van der Waals surface area (Å²) in [6.45, 7) is 3.80. The zero-order valence-corrected chi connectivity index (χ0v) is 15.9. The Labute approximate surface area is 149 Å². The number of amides is 2. The molecule has 1 atom stereocenters. The van der Waals surface area contributed by atoms with Crippen LogP contribution in [0.1, 0.15) is 32.3 Å². The van der Waals surface area contributed by atoms with E-state index in [9.17, 15) is 18.0 Å². The number of para-hydroxylation sites is 1. The third kappa shape index (κ3) is 4.81. The van der Waals surface area contributed by atoms with Crippen molar-refractivity contribution < 1.29 is 18.0 Å². The van der Waals surface area contributed by atoms with E-state index in [1.54, 1.807) is 11.9 Å². The van der Waals surface area contributed by atoms with Gasteiger partial charge in [0.15, 0.2) is 9.84 Å². The summed E-state index contributed by atoms with van der Waals surface area (Å²) >= 11 is 0. The predicted molar refractivity (Wildman–Crippen MR) is 98.3 cm³/mol. The number of carbonyl (C=O) groups is 2. The maximum absolute atomic E-state index is 12.4. The molecular formula is C18H26N2O4S. The molecule has 0 radical (unpaired) electrons. The van der Waals surface area contributed by atoms with Crippen LogP contribution in [0, 0.1) is 0 Å². The molecule has 0 bridgehead atoms. The number of aryl methyl sites for hydroxylation is 1. The summed E-state index contributed by atoms with van der Waals surface area (Å²) in [5.41, 5.74) is 1.89. The second-order valence-electron chi connectivity index (χ2n) is 6.46. The van der Waals surface area contributed by atoms with Crippen LogP contribution in [0.25, 0.3) is 0 Å². The van der Waals surface area contributed by atoms with Crippen LogP contribution in [-0.4, -0.2) is 56.3 Å². The molecule has 1 heterocycles. The fourth-order valence-electron chi connectivity index (χ4n) is 3.19. The van der Waals surface area contributed by atoms with Crippen molar-refractivity contribution in [3.8, 4) is 0 Å². The van der Waals surface area contributed by atoms with Crippen molar-refractivity contribution in [2.24, 2.45) is 0 Å². The highest BCUT2D eigenvalue weighted by molar-refractivity contribution is 7.91. The quantitative estimate of drug-likeness (QED) is 0.767. The molecule has 1 aliphatic rings. The minimum absolute atomic E-state index is 0.0321. The average molecular weight is 366 g/mol. The number of hydrogen-bond acceptors (Lipinski definition) is 4. The minimum Gasteiger partial charge on any atom is -0.342 e. The molecule has 2 rings (SSSR count). The van der Waals surface area contributed by atoms with Gasteiger partial charge in [-0.05, 0) is 24.5 Å². The van der Waals surface area contributed by atoms with Crippen molar-refractivity contribution in [1.82, 2.24) is 4.90 Å². The third-order valence-electron chi connectivity index (χ3n) is 4.74. The summed E-state index contributed by atoms with van der Waals surface area (Å²) in [7, 11) is -1.38. The number of carbonyl (C=O) groups excluding carboxylic acids is 2. The molecule has 1 saturated heterocycles. The van der Waals surface area contributed by atoms with E-state index in [1.165, 1.54) is 11.8 Å². The van der Waals surface area contributed by atoms with Crippen molar-refractivity contribution in [3.05, 3.63) is 29.8 Å². The topological polar surface area (TPSA) is 74.8 Å². The van der Waals surface area contributed by atoms with Gasteiger partial charge >= 0.3 is 0 Å². The van der Waals surface area contributed by atoms with Crippen LogP contribution in [0.5, 0.6) is 0 Å². The van der Waals surface area contributed by atoms with Gasteiger partial charge in [-0.1, -0.05) is 25.1 Å². The largest absolute Gasteiger partial charge is 0.342 e. The summed E-state index contributed by atoms with van der Waals surface area (Å²) in [5, 5.41) is 0. The van der Waals surface area contributed by atoms with E-state index < -0.39 is 9.84 Å². The van der Waals surface area contributed by atoms with E-state index in [-0.39, 0.29) is 42.3 Å². The molecule has 1 fully saturated rings. The highest BCUT2D eigenvalue weighted by atomic mass is 32.2.